The minimum absolute atomic E-state index is 0.0505. The number of hydrogen-bond acceptors (Lipinski definition) is 2. The molecule has 0 bridgehead atoms. The van der Waals surface area contributed by atoms with Gasteiger partial charge >= 0.3 is 0 Å². The highest BCUT2D eigenvalue weighted by molar-refractivity contribution is 5.94. The van der Waals surface area contributed by atoms with Crippen molar-refractivity contribution in [3.05, 3.63) is 0 Å². The summed E-state index contributed by atoms with van der Waals surface area (Å²) in [5.41, 5.74) is -0.670. The first-order chi connectivity index (χ1) is 8.05. The normalized spacial score (nSPS) is 25.9. The molecule has 1 fully saturated rings. The maximum Gasteiger partial charge on any atom is 0.141 e. The molecule has 18 heavy (non-hydrogen) atoms. The number of carbonyl (C=O) groups is 2. The number of ketones is 2. The van der Waals surface area contributed by atoms with Gasteiger partial charge in [0.1, 0.15) is 11.6 Å². The van der Waals surface area contributed by atoms with E-state index in [0.29, 0.717) is 0 Å². The molecule has 0 saturated heterocycles. The highest BCUT2D eigenvalue weighted by atomic mass is 16.1. The summed E-state index contributed by atoms with van der Waals surface area (Å²) in [6.45, 7) is 11.8. The molecule has 2 heteroatoms. The summed E-state index contributed by atoms with van der Waals surface area (Å²) < 4.78 is 0. The zero-order valence-corrected chi connectivity index (χ0v) is 12.8. The van der Waals surface area contributed by atoms with Crippen LogP contribution in [0.5, 0.6) is 0 Å². The van der Waals surface area contributed by atoms with Crippen LogP contribution in [0, 0.1) is 22.7 Å². The van der Waals surface area contributed by atoms with E-state index in [2.05, 4.69) is 0 Å². The first-order valence-corrected chi connectivity index (χ1v) is 7.14. The van der Waals surface area contributed by atoms with Crippen LogP contribution in [0.2, 0.25) is 0 Å². The zero-order chi connectivity index (χ0) is 14.1. The summed E-state index contributed by atoms with van der Waals surface area (Å²) >= 11 is 0. The number of carbonyl (C=O) groups excluding carboxylic acids is 2. The summed E-state index contributed by atoms with van der Waals surface area (Å²) in [5, 5.41) is 0. The minimum Gasteiger partial charge on any atom is -0.299 e. The van der Waals surface area contributed by atoms with E-state index in [1.54, 1.807) is 0 Å². The van der Waals surface area contributed by atoms with Gasteiger partial charge in [0, 0.05) is 22.7 Å². The van der Waals surface area contributed by atoms with Crippen LogP contribution in [-0.2, 0) is 9.59 Å². The monoisotopic (exact) mass is 252 g/mol. The molecule has 1 aliphatic carbocycles. The maximum absolute atomic E-state index is 12.5. The van der Waals surface area contributed by atoms with Gasteiger partial charge in [-0.2, -0.15) is 0 Å². The molecule has 0 aromatic rings. The molecule has 2 unspecified atom stereocenters. The second-order valence-electron chi connectivity index (χ2n) is 7.73. The number of Topliss-reactive ketones (excluding diaryl/α,β-unsaturated/α-hetero) is 2. The van der Waals surface area contributed by atoms with Gasteiger partial charge in [-0.15, -0.1) is 0 Å². The van der Waals surface area contributed by atoms with Gasteiger partial charge in [-0.25, -0.2) is 0 Å². The van der Waals surface area contributed by atoms with Crippen LogP contribution in [0.1, 0.15) is 67.2 Å². The molecule has 0 heterocycles. The Kier molecular flexibility index (Phi) is 4.40. The summed E-state index contributed by atoms with van der Waals surface area (Å²) in [5.74, 6) is 0.436. The van der Waals surface area contributed by atoms with Gasteiger partial charge in [-0.3, -0.25) is 9.59 Å². The molecule has 2 nitrogen and oxygen atoms in total. The Hall–Kier alpha value is -0.660. The van der Waals surface area contributed by atoms with Crippen molar-refractivity contribution in [1.29, 1.82) is 0 Å². The molecular formula is C16H28O2. The van der Waals surface area contributed by atoms with Gasteiger partial charge in [0.25, 0.3) is 0 Å². The minimum atomic E-state index is -0.335. The van der Waals surface area contributed by atoms with Crippen LogP contribution < -0.4 is 0 Å². The lowest BCUT2D eigenvalue weighted by Crippen LogP contribution is -2.42. The highest BCUT2D eigenvalue weighted by Gasteiger charge is 2.42. The Morgan fingerprint density at radius 1 is 0.722 bits per heavy atom. The van der Waals surface area contributed by atoms with E-state index in [9.17, 15) is 9.59 Å². The summed E-state index contributed by atoms with van der Waals surface area (Å²) in [4.78, 5) is 25.0. The average molecular weight is 252 g/mol. The smallest absolute Gasteiger partial charge is 0.141 e. The number of rotatable bonds is 2. The fourth-order valence-corrected chi connectivity index (χ4v) is 2.87. The van der Waals surface area contributed by atoms with E-state index in [4.69, 9.17) is 0 Å². The third-order valence-electron chi connectivity index (χ3n) is 3.92. The van der Waals surface area contributed by atoms with Gasteiger partial charge in [-0.1, -0.05) is 54.4 Å². The largest absolute Gasteiger partial charge is 0.299 e. The highest BCUT2D eigenvalue weighted by Crippen LogP contribution is 2.39. The third-order valence-corrected chi connectivity index (χ3v) is 3.92. The molecule has 0 spiro atoms. The van der Waals surface area contributed by atoms with E-state index in [0.717, 1.165) is 25.7 Å². The Labute approximate surface area is 112 Å². The molecule has 1 rings (SSSR count). The fraction of sp³-hybridized carbons (Fsp3) is 0.875. The van der Waals surface area contributed by atoms with Crippen LogP contribution in [0.4, 0.5) is 0 Å². The van der Waals surface area contributed by atoms with Gasteiger partial charge in [-0.05, 0) is 12.8 Å². The topological polar surface area (TPSA) is 34.1 Å². The molecule has 0 N–H and O–H groups in total. The van der Waals surface area contributed by atoms with Crippen molar-refractivity contribution >= 4 is 11.6 Å². The quantitative estimate of drug-likeness (QED) is 0.743. The lowest BCUT2D eigenvalue weighted by Gasteiger charge is -2.36. The van der Waals surface area contributed by atoms with E-state index in [1.807, 2.05) is 41.5 Å². The Morgan fingerprint density at radius 2 is 1.00 bits per heavy atom. The zero-order valence-electron chi connectivity index (χ0n) is 12.8. The Balaban J connectivity index is 2.94. The molecule has 0 amide bonds. The van der Waals surface area contributed by atoms with Gasteiger partial charge in [0.05, 0.1) is 0 Å². The second kappa shape index (κ2) is 5.14. The molecule has 1 saturated carbocycles. The average Bonchev–Trinajstić information content (AvgIpc) is 2.24. The predicted octanol–water partition coefficient (Wildman–Crippen LogP) is 4.02. The fourth-order valence-electron chi connectivity index (χ4n) is 2.87. The van der Waals surface area contributed by atoms with Crippen LogP contribution in [0.25, 0.3) is 0 Å². The Bertz CT molecular complexity index is 294. The van der Waals surface area contributed by atoms with Crippen molar-refractivity contribution in [3.8, 4) is 0 Å². The van der Waals surface area contributed by atoms with E-state index in [1.165, 1.54) is 0 Å². The Morgan fingerprint density at radius 3 is 1.22 bits per heavy atom. The van der Waals surface area contributed by atoms with Crippen LogP contribution in [0.15, 0.2) is 0 Å². The standard InChI is InChI=1S/C16H28O2/c1-15(2,3)13(17)11-9-7-8-10-12(11)14(18)16(4,5)6/h11-12H,7-10H2,1-6H3. The predicted molar refractivity (Wildman–Crippen MR) is 74.4 cm³/mol. The molecule has 0 aromatic carbocycles. The molecule has 104 valence electrons. The van der Waals surface area contributed by atoms with Crippen molar-refractivity contribution < 1.29 is 9.59 Å². The SMILES string of the molecule is CC(C)(C)C(=O)C1CCCCC1C(=O)C(C)(C)C. The lowest BCUT2D eigenvalue weighted by molar-refractivity contribution is -0.142. The first kappa shape index (κ1) is 15.4. The van der Waals surface area contributed by atoms with Gasteiger partial charge in [0.2, 0.25) is 0 Å². The third kappa shape index (κ3) is 3.43. The van der Waals surface area contributed by atoms with Crippen LogP contribution in [0.3, 0.4) is 0 Å². The summed E-state index contributed by atoms with van der Waals surface area (Å²) in [6.07, 6.45) is 3.95. The van der Waals surface area contributed by atoms with Crippen molar-refractivity contribution in [2.45, 2.75) is 67.2 Å². The van der Waals surface area contributed by atoms with Crippen LogP contribution >= 0.6 is 0 Å². The molecular weight excluding hydrogens is 224 g/mol. The van der Waals surface area contributed by atoms with Crippen molar-refractivity contribution in [2.75, 3.05) is 0 Å². The maximum atomic E-state index is 12.5. The molecule has 2 atom stereocenters. The number of hydrogen-bond donors (Lipinski definition) is 0. The lowest BCUT2D eigenvalue weighted by atomic mass is 9.66. The molecule has 1 aliphatic rings. The van der Waals surface area contributed by atoms with E-state index >= 15 is 0 Å². The molecule has 0 radical (unpaired) electrons. The molecule has 0 aliphatic heterocycles. The van der Waals surface area contributed by atoms with Gasteiger partial charge in [0.15, 0.2) is 0 Å². The van der Waals surface area contributed by atoms with E-state index < -0.39 is 0 Å². The van der Waals surface area contributed by atoms with Crippen molar-refractivity contribution in [2.24, 2.45) is 22.7 Å². The van der Waals surface area contributed by atoms with Crippen molar-refractivity contribution in [1.82, 2.24) is 0 Å². The summed E-state index contributed by atoms with van der Waals surface area (Å²) in [6, 6.07) is 0. The van der Waals surface area contributed by atoms with Gasteiger partial charge < -0.3 is 0 Å². The molecule has 0 aromatic heterocycles. The van der Waals surface area contributed by atoms with Crippen LogP contribution in [-0.4, -0.2) is 11.6 Å². The summed E-state index contributed by atoms with van der Waals surface area (Å²) in [7, 11) is 0. The van der Waals surface area contributed by atoms with E-state index in [-0.39, 0.29) is 34.2 Å². The van der Waals surface area contributed by atoms with Crippen molar-refractivity contribution in [3.63, 3.8) is 0 Å². The second-order valence-corrected chi connectivity index (χ2v) is 7.73. The first-order valence-electron chi connectivity index (χ1n) is 7.14.